The largest absolute Gasteiger partial charge is 0.465 e. The highest BCUT2D eigenvalue weighted by Crippen LogP contribution is 2.12. The summed E-state index contributed by atoms with van der Waals surface area (Å²) in [6, 6.07) is 18.4. The maximum atomic E-state index is 12.0. The molecule has 0 unspecified atom stereocenters. The second-order valence-corrected chi connectivity index (χ2v) is 4.06. The predicted octanol–water partition coefficient (Wildman–Crippen LogP) is 3.88. The van der Waals surface area contributed by atoms with E-state index in [0.717, 1.165) is 5.56 Å². The molecule has 0 atom stereocenters. The van der Waals surface area contributed by atoms with Crippen LogP contribution in [-0.2, 0) is 9.47 Å². The zero-order chi connectivity index (χ0) is 14.2. The lowest BCUT2D eigenvalue weighted by molar-refractivity contribution is 0.0301. The van der Waals surface area contributed by atoms with Gasteiger partial charge in [0.15, 0.2) is 0 Å². The van der Waals surface area contributed by atoms with Gasteiger partial charge in [-0.15, -0.1) is 0 Å². The van der Waals surface area contributed by atoms with Crippen molar-refractivity contribution in [1.29, 1.82) is 0 Å². The van der Waals surface area contributed by atoms with Crippen molar-refractivity contribution in [2.75, 3.05) is 6.61 Å². The monoisotopic (exact) mass is 268 g/mol. The van der Waals surface area contributed by atoms with Gasteiger partial charge in [-0.2, -0.15) is 0 Å². The topological polar surface area (TPSA) is 35.5 Å². The van der Waals surface area contributed by atoms with Crippen molar-refractivity contribution < 1.29 is 14.3 Å². The van der Waals surface area contributed by atoms with Gasteiger partial charge in [0.05, 0.1) is 12.2 Å². The Morgan fingerprint density at radius 1 is 1.00 bits per heavy atom. The maximum Gasteiger partial charge on any atom is 0.345 e. The van der Waals surface area contributed by atoms with Crippen LogP contribution in [0.5, 0.6) is 0 Å². The van der Waals surface area contributed by atoms with Crippen molar-refractivity contribution in [3.63, 3.8) is 0 Å². The van der Waals surface area contributed by atoms with Crippen molar-refractivity contribution >= 4 is 12.0 Å². The van der Waals surface area contributed by atoms with Crippen LogP contribution in [0.4, 0.5) is 0 Å². The highest BCUT2D eigenvalue weighted by Gasteiger charge is 2.10. The van der Waals surface area contributed by atoms with E-state index in [4.69, 9.17) is 9.47 Å². The molecule has 0 spiro atoms. The number of esters is 1. The summed E-state index contributed by atoms with van der Waals surface area (Å²) in [5, 5.41) is 0. The van der Waals surface area contributed by atoms with Crippen LogP contribution in [-0.4, -0.2) is 12.6 Å². The number of benzene rings is 2. The quantitative estimate of drug-likeness (QED) is 0.610. The van der Waals surface area contributed by atoms with Gasteiger partial charge in [-0.05, 0) is 24.6 Å². The highest BCUT2D eigenvalue weighted by atomic mass is 16.7. The predicted molar refractivity (Wildman–Crippen MR) is 77.9 cm³/mol. The molecular weight excluding hydrogens is 252 g/mol. The van der Waals surface area contributed by atoms with Crippen LogP contribution in [0.1, 0.15) is 22.8 Å². The highest BCUT2D eigenvalue weighted by molar-refractivity contribution is 5.90. The summed E-state index contributed by atoms with van der Waals surface area (Å²) in [6.45, 7) is 2.27. The Bertz CT molecular complexity index is 574. The van der Waals surface area contributed by atoms with Crippen LogP contribution >= 0.6 is 0 Å². The van der Waals surface area contributed by atoms with Crippen LogP contribution in [0.3, 0.4) is 0 Å². The van der Waals surface area contributed by atoms with Crippen molar-refractivity contribution in [2.24, 2.45) is 0 Å². The zero-order valence-corrected chi connectivity index (χ0v) is 11.3. The van der Waals surface area contributed by atoms with Gasteiger partial charge in [-0.1, -0.05) is 48.5 Å². The van der Waals surface area contributed by atoms with Crippen molar-refractivity contribution in [2.45, 2.75) is 6.92 Å². The van der Waals surface area contributed by atoms with Crippen LogP contribution in [0, 0.1) is 0 Å². The SMILES string of the molecule is CCO/C(=C/c1ccccc1)OC(=O)c1ccccc1. The van der Waals surface area contributed by atoms with Crippen LogP contribution in [0.25, 0.3) is 6.08 Å². The fourth-order valence-electron chi connectivity index (χ4n) is 1.65. The molecule has 0 bridgehead atoms. The molecule has 0 aromatic heterocycles. The second kappa shape index (κ2) is 7.14. The molecule has 2 rings (SSSR count). The van der Waals surface area contributed by atoms with Gasteiger partial charge in [0, 0.05) is 6.08 Å². The van der Waals surface area contributed by atoms with Crippen molar-refractivity contribution in [3.8, 4) is 0 Å². The molecule has 0 aliphatic carbocycles. The van der Waals surface area contributed by atoms with Crippen molar-refractivity contribution in [1.82, 2.24) is 0 Å². The lowest BCUT2D eigenvalue weighted by atomic mass is 10.2. The van der Waals surface area contributed by atoms with Gasteiger partial charge in [0.25, 0.3) is 5.95 Å². The lowest BCUT2D eigenvalue weighted by Crippen LogP contribution is -2.07. The first-order valence-corrected chi connectivity index (χ1v) is 6.46. The van der Waals surface area contributed by atoms with Crippen LogP contribution in [0.15, 0.2) is 66.6 Å². The number of carbonyl (C=O) groups excluding carboxylic acids is 1. The van der Waals surface area contributed by atoms with E-state index in [1.165, 1.54) is 0 Å². The standard InChI is InChI=1S/C17H16O3/c1-2-19-16(13-14-9-5-3-6-10-14)20-17(18)15-11-7-4-8-12-15/h3-13H,2H2,1H3/b16-13-. The Balaban J connectivity index is 2.14. The van der Waals surface area contributed by atoms with E-state index < -0.39 is 5.97 Å². The van der Waals surface area contributed by atoms with Crippen molar-refractivity contribution in [3.05, 3.63) is 77.7 Å². The molecule has 102 valence electrons. The fourth-order valence-corrected chi connectivity index (χ4v) is 1.65. The van der Waals surface area contributed by atoms with Gasteiger partial charge >= 0.3 is 5.97 Å². The Morgan fingerprint density at radius 3 is 2.20 bits per heavy atom. The van der Waals surface area contributed by atoms with E-state index in [1.807, 2.05) is 43.3 Å². The molecule has 0 aliphatic heterocycles. The molecule has 0 N–H and O–H groups in total. The fraction of sp³-hybridized carbons (Fsp3) is 0.118. The summed E-state index contributed by atoms with van der Waals surface area (Å²) >= 11 is 0. The third-order valence-corrected chi connectivity index (χ3v) is 2.57. The Labute approximate surface area is 118 Å². The molecule has 3 nitrogen and oxygen atoms in total. The summed E-state index contributed by atoms with van der Waals surface area (Å²) < 4.78 is 10.6. The minimum atomic E-state index is -0.429. The van der Waals surface area contributed by atoms with Gasteiger partial charge in [0.1, 0.15) is 0 Å². The molecular formula is C17H16O3. The molecule has 0 heterocycles. The molecule has 0 saturated heterocycles. The lowest BCUT2D eigenvalue weighted by Gasteiger charge is -2.09. The molecule has 0 fully saturated rings. The molecule has 0 amide bonds. The maximum absolute atomic E-state index is 12.0. The van der Waals surface area contributed by atoms with E-state index in [-0.39, 0.29) is 5.95 Å². The molecule has 0 saturated carbocycles. The van der Waals surface area contributed by atoms with E-state index in [1.54, 1.807) is 30.3 Å². The van der Waals surface area contributed by atoms with Gasteiger partial charge < -0.3 is 9.47 Å². The summed E-state index contributed by atoms with van der Waals surface area (Å²) in [7, 11) is 0. The normalized spacial score (nSPS) is 10.9. The Morgan fingerprint density at radius 2 is 1.60 bits per heavy atom. The third-order valence-electron chi connectivity index (χ3n) is 2.57. The average molecular weight is 268 g/mol. The Kier molecular flexibility index (Phi) is 4.95. The van der Waals surface area contributed by atoms with Crippen LogP contribution in [0.2, 0.25) is 0 Å². The summed E-state index contributed by atoms with van der Waals surface area (Å²) in [5.41, 5.74) is 1.41. The number of carbonyl (C=O) groups is 1. The smallest absolute Gasteiger partial charge is 0.345 e. The summed E-state index contributed by atoms with van der Waals surface area (Å²) in [5.74, 6) is -0.228. The van der Waals surface area contributed by atoms with Gasteiger partial charge in [-0.25, -0.2) is 4.79 Å². The molecule has 2 aromatic carbocycles. The summed E-state index contributed by atoms with van der Waals surface area (Å²) in [6.07, 6.45) is 1.70. The number of hydrogen-bond donors (Lipinski definition) is 0. The first-order chi connectivity index (χ1) is 9.79. The van der Waals surface area contributed by atoms with E-state index in [0.29, 0.717) is 12.2 Å². The molecule has 0 aliphatic rings. The third kappa shape index (κ3) is 3.99. The average Bonchev–Trinajstić information content (AvgIpc) is 2.49. The van der Waals surface area contributed by atoms with Crippen LogP contribution < -0.4 is 0 Å². The molecule has 2 aromatic rings. The number of hydrogen-bond acceptors (Lipinski definition) is 3. The summed E-state index contributed by atoms with van der Waals surface area (Å²) in [4.78, 5) is 12.0. The second-order valence-electron chi connectivity index (χ2n) is 4.06. The number of ether oxygens (including phenoxy) is 2. The van der Waals surface area contributed by atoms with E-state index in [2.05, 4.69) is 0 Å². The molecule has 3 heteroatoms. The minimum Gasteiger partial charge on any atom is -0.465 e. The first kappa shape index (κ1) is 13.9. The van der Waals surface area contributed by atoms with E-state index >= 15 is 0 Å². The zero-order valence-electron chi connectivity index (χ0n) is 11.3. The molecule has 20 heavy (non-hydrogen) atoms. The van der Waals surface area contributed by atoms with Gasteiger partial charge in [0.2, 0.25) is 0 Å². The van der Waals surface area contributed by atoms with E-state index in [9.17, 15) is 4.79 Å². The minimum absolute atomic E-state index is 0.201. The Hall–Kier alpha value is -2.55. The van der Waals surface area contributed by atoms with Gasteiger partial charge in [-0.3, -0.25) is 0 Å². The molecule has 0 radical (unpaired) electrons. The first-order valence-electron chi connectivity index (χ1n) is 6.46. The number of rotatable bonds is 5.